The van der Waals surface area contributed by atoms with Gasteiger partial charge in [-0.15, -0.1) is 0 Å². The van der Waals surface area contributed by atoms with Crippen molar-refractivity contribution in [3.8, 4) is 0 Å². The van der Waals surface area contributed by atoms with Crippen molar-refractivity contribution in [3.05, 3.63) is 30.1 Å². The summed E-state index contributed by atoms with van der Waals surface area (Å²) in [7, 11) is 0. The van der Waals surface area contributed by atoms with Crippen LogP contribution in [0.2, 0.25) is 0 Å². The molecule has 1 aromatic heterocycles. The molecule has 2 aliphatic rings. The van der Waals surface area contributed by atoms with Crippen LogP contribution < -0.4 is 5.32 Å². The van der Waals surface area contributed by atoms with Crippen molar-refractivity contribution in [2.45, 2.75) is 25.8 Å². The highest BCUT2D eigenvalue weighted by Gasteiger charge is 2.28. The van der Waals surface area contributed by atoms with Crippen molar-refractivity contribution in [1.82, 2.24) is 20.1 Å². The first-order valence-electron chi connectivity index (χ1n) is 8.41. The number of nitrogens with zero attached hydrogens (tertiary/aromatic N) is 3. The molecule has 3 rings (SSSR count). The average molecular weight is 288 g/mol. The van der Waals surface area contributed by atoms with E-state index in [1.807, 2.05) is 12.3 Å². The highest BCUT2D eigenvalue weighted by molar-refractivity contribution is 5.10. The van der Waals surface area contributed by atoms with Gasteiger partial charge in [0, 0.05) is 45.5 Å². The van der Waals surface area contributed by atoms with Crippen molar-refractivity contribution in [3.63, 3.8) is 0 Å². The van der Waals surface area contributed by atoms with Crippen LogP contribution in [0, 0.1) is 5.92 Å². The average Bonchev–Trinajstić information content (AvgIpc) is 2.54. The molecule has 3 heterocycles. The smallest absolute Gasteiger partial charge is 0.0649 e. The molecule has 1 N–H and O–H groups in total. The first-order valence-corrected chi connectivity index (χ1v) is 8.41. The predicted octanol–water partition coefficient (Wildman–Crippen LogP) is 1.76. The molecule has 0 saturated carbocycles. The lowest BCUT2D eigenvalue weighted by Gasteiger charge is -2.40. The third-order valence-electron chi connectivity index (χ3n) is 4.80. The number of rotatable bonds is 4. The Morgan fingerprint density at radius 3 is 2.86 bits per heavy atom. The molecular weight excluding hydrogens is 260 g/mol. The molecule has 21 heavy (non-hydrogen) atoms. The molecule has 0 amide bonds. The summed E-state index contributed by atoms with van der Waals surface area (Å²) in [5.74, 6) is 0.813. The zero-order valence-electron chi connectivity index (χ0n) is 13.2. The second-order valence-corrected chi connectivity index (χ2v) is 6.56. The van der Waals surface area contributed by atoms with Crippen LogP contribution in [0.25, 0.3) is 0 Å². The van der Waals surface area contributed by atoms with E-state index in [-0.39, 0.29) is 0 Å². The number of hydrogen-bond donors (Lipinski definition) is 1. The molecule has 4 nitrogen and oxygen atoms in total. The first-order chi connectivity index (χ1) is 10.3. The van der Waals surface area contributed by atoms with Crippen molar-refractivity contribution >= 4 is 0 Å². The SMILES string of the molecule is CC1CCCN(C(CN2CCNCC2)c2ccccn2)C1. The van der Waals surface area contributed by atoms with Crippen molar-refractivity contribution in [1.29, 1.82) is 0 Å². The lowest BCUT2D eigenvalue weighted by Crippen LogP contribution is -2.48. The molecule has 116 valence electrons. The zero-order valence-corrected chi connectivity index (χ0v) is 13.2. The van der Waals surface area contributed by atoms with E-state index in [9.17, 15) is 0 Å². The molecule has 0 aromatic carbocycles. The maximum atomic E-state index is 4.66. The van der Waals surface area contributed by atoms with Crippen molar-refractivity contribution in [2.75, 3.05) is 45.8 Å². The number of likely N-dealkylation sites (tertiary alicyclic amines) is 1. The van der Waals surface area contributed by atoms with Gasteiger partial charge in [0.25, 0.3) is 0 Å². The number of piperidine rings is 1. The molecule has 4 heteroatoms. The fourth-order valence-corrected chi connectivity index (χ4v) is 3.62. The molecule has 2 saturated heterocycles. The standard InChI is InChI=1S/C17H28N4/c1-15-5-4-10-21(13-15)17(16-6-2-3-7-19-16)14-20-11-8-18-9-12-20/h2-3,6-7,15,17-18H,4-5,8-14H2,1H3. The fraction of sp³-hybridized carbons (Fsp3) is 0.706. The molecule has 1 aromatic rings. The second-order valence-electron chi connectivity index (χ2n) is 6.56. The van der Waals surface area contributed by atoms with Gasteiger partial charge in [-0.2, -0.15) is 0 Å². The molecular formula is C17H28N4. The van der Waals surface area contributed by atoms with Gasteiger partial charge in [0.1, 0.15) is 0 Å². The van der Waals surface area contributed by atoms with Crippen LogP contribution in [-0.4, -0.2) is 60.6 Å². The summed E-state index contributed by atoms with van der Waals surface area (Å²) in [5.41, 5.74) is 1.24. The van der Waals surface area contributed by atoms with Crippen LogP contribution in [0.15, 0.2) is 24.4 Å². The van der Waals surface area contributed by atoms with Crippen LogP contribution in [0.5, 0.6) is 0 Å². The van der Waals surface area contributed by atoms with Gasteiger partial charge >= 0.3 is 0 Å². The van der Waals surface area contributed by atoms with Gasteiger partial charge in [0.2, 0.25) is 0 Å². The topological polar surface area (TPSA) is 31.4 Å². The minimum absolute atomic E-state index is 0.451. The number of pyridine rings is 1. The molecule has 2 atom stereocenters. The second kappa shape index (κ2) is 7.34. The van der Waals surface area contributed by atoms with Gasteiger partial charge in [-0.25, -0.2) is 0 Å². The summed E-state index contributed by atoms with van der Waals surface area (Å²) in [6.07, 6.45) is 4.64. The molecule has 0 radical (unpaired) electrons. The monoisotopic (exact) mass is 288 g/mol. The minimum atomic E-state index is 0.451. The predicted molar refractivity (Wildman–Crippen MR) is 86.3 cm³/mol. The molecule has 0 aliphatic carbocycles. The Balaban J connectivity index is 1.73. The number of hydrogen-bond acceptors (Lipinski definition) is 4. The Hall–Kier alpha value is -0.970. The summed E-state index contributed by atoms with van der Waals surface area (Å²) in [6.45, 7) is 10.5. The maximum absolute atomic E-state index is 4.66. The van der Waals surface area contributed by atoms with Gasteiger partial charge in [-0.3, -0.25) is 14.8 Å². The Bertz CT molecular complexity index is 416. The molecule has 2 aliphatic heterocycles. The largest absolute Gasteiger partial charge is 0.314 e. The van der Waals surface area contributed by atoms with E-state index in [0.717, 1.165) is 38.6 Å². The van der Waals surface area contributed by atoms with E-state index in [1.54, 1.807) is 0 Å². The van der Waals surface area contributed by atoms with E-state index in [0.29, 0.717) is 6.04 Å². The van der Waals surface area contributed by atoms with Crippen molar-refractivity contribution < 1.29 is 0 Å². The van der Waals surface area contributed by atoms with E-state index in [4.69, 9.17) is 0 Å². The van der Waals surface area contributed by atoms with Gasteiger partial charge in [-0.1, -0.05) is 13.0 Å². The molecule has 2 unspecified atom stereocenters. The molecule has 0 spiro atoms. The fourth-order valence-electron chi connectivity index (χ4n) is 3.62. The highest BCUT2D eigenvalue weighted by Crippen LogP contribution is 2.26. The van der Waals surface area contributed by atoms with E-state index < -0.39 is 0 Å². The van der Waals surface area contributed by atoms with Crippen LogP contribution in [0.1, 0.15) is 31.5 Å². The summed E-state index contributed by atoms with van der Waals surface area (Å²) in [4.78, 5) is 9.92. The van der Waals surface area contributed by atoms with Crippen LogP contribution in [-0.2, 0) is 0 Å². The Morgan fingerprint density at radius 1 is 1.29 bits per heavy atom. The summed E-state index contributed by atoms with van der Waals surface area (Å²) >= 11 is 0. The van der Waals surface area contributed by atoms with E-state index in [1.165, 1.54) is 31.6 Å². The lowest BCUT2D eigenvalue weighted by molar-refractivity contribution is 0.0890. The Morgan fingerprint density at radius 2 is 2.14 bits per heavy atom. The summed E-state index contributed by atoms with van der Waals surface area (Å²) in [5, 5.41) is 3.44. The van der Waals surface area contributed by atoms with E-state index in [2.05, 4.69) is 39.2 Å². The highest BCUT2D eigenvalue weighted by atomic mass is 15.3. The maximum Gasteiger partial charge on any atom is 0.0649 e. The summed E-state index contributed by atoms with van der Waals surface area (Å²) in [6, 6.07) is 6.80. The van der Waals surface area contributed by atoms with Gasteiger partial charge < -0.3 is 5.32 Å². The number of piperazine rings is 1. The van der Waals surface area contributed by atoms with Crippen LogP contribution >= 0.6 is 0 Å². The van der Waals surface area contributed by atoms with Crippen LogP contribution in [0.4, 0.5) is 0 Å². The van der Waals surface area contributed by atoms with E-state index >= 15 is 0 Å². The van der Waals surface area contributed by atoms with Crippen LogP contribution in [0.3, 0.4) is 0 Å². The number of nitrogens with one attached hydrogen (secondary N) is 1. The summed E-state index contributed by atoms with van der Waals surface area (Å²) < 4.78 is 0. The molecule has 0 bridgehead atoms. The molecule has 2 fully saturated rings. The quantitative estimate of drug-likeness (QED) is 0.915. The third-order valence-corrected chi connectivity index (χ3v) is 4.80. The lowest BCUT2D eigenvalue weighted by atomic mass is 9.97. The Kier molecular flexibility index (Phi) is 5.22. The Labute approximate surface area is 128 Å². The third kappa shape index (κ3) is 4.02. The van der Waals surface area contributed by atoms with Crippen molar-refractivity contribution in [2.24, 2.45) is 5.92 Å². The number of aromatic nitrogens is 1. The minimum Gasteiger partial charge on any atom is -0.314 e. The normalized spacial score (nSPS) is 26.6. The van der Waals surface area contributed by atoms with Gasteiger partial charge in [0.05, 0.1) is 11.7 Å². The first kappa shape index (κ1) is 14.9. The van der Waals surface area contributed by atoms with Gasteiger partial charge in [0.15, 0.2) is 0 Å². The zero-order chi connectivity index (χ0) is 14.5. The van der Waals surface area contributed by atoms with Gasteiger partial charge in [-0.05, 0) is 37.4 Å².